The molecule has 8 heteroatoms. The van der Waals surface area contributed by atoms with Gasteiger partial charge in [0.2, 0.25) is 0 Å². The van der Waals surface area contributed by atoms with Gasteiger partial charge in [0.05, 0.1) is 13.0 Å². The number of nitrogens with one attached hydrogen (secondary N) is 2. The van der Waals surface area contributed by atoms with Crippen LogP contribution < -0.4 is 10.6 Å². The molecule has 172 valence electrons. The second-order valence-corrected chi connectivity index (χ2v) is 8.06. The van der Waals surface area contributed by atoms with Gasteiger partial charge < -0.3 is 20.3 Å². The van der Waals surface area contributed by atoms with E-state index in [-0.39, 0.29) is 30.4 Å². The van der Waals surface area contributed by atoms with Crippen molar-refractivity contribution in [2.75, 3.05) is 38.1 Å². The molecule has 2 N–H and O–H groups in total. The van der Waals surface area contributed by atoms with Gasteiger partial charge in [-0.05, 0) is 71.0 Å². The monoisotopic (exact) mass is 432 g/mol. The molecular weight excluding hydrogens is 396 g/mol. The fourth-order valence-corrected chi connectivity index (χ4v) is 3.82. The SMILES string of the molecule is CCOC(=O)CCN(CC1CCCN1CC)C(=O)c1ccc(NC(=O)NC(C)C)cc1. The normalized spacial score (nSPS) is 16.2. The number of hydrogen-bond donors (Lipinski definition) is 2. The van der Waals surface area contributed by atoms with Gasteiger partial charge in [0.1, 0.15) is 0 Å². The Bertz CT molecular complexity index is 736. The summed E-state index contributed by atoms with van der Waals surface area (Å²) in [6.07, 6.45) is 2.34. The lowest BCUT2D eigenvalue weighted by Crippen LogP contribution is -2.44. The molecule has 31 heavy (non-hydrogen) atoms. The molecule has 1 heterocycles. The fraction of sp³-hybridized carbons (Fsp3) is 0.609. The summed E-state index contributed by atoms with van der Waals surface area (Å²) >= 11 is 0. The minimum Gasteiger partial charge on any atom is -0.466 e. The molecule has 1 atom stereocenters. The van der Waals surface area contributed by atoms with E-state index in [9.17, 15) is 14.4 Å². The lowest BCUT2D eigenvalue weighted by molar-refractivity contribution is -0.143. The number of nitrogens with zero attached hydrogens (tertiary/aromatic N) is 2. The number of amides is 3. The smallest absolute Gasteiger partial charge is 0.319 e. The highest BCUT2D eigenvalue weighted by Crippen LogP contribution is 2.20. The van der Waals surface area contributed by atoms with Gasteiger partial charge in [-0.15, -0.1) is 0 Å². The number of esters is 1. The van der Waals surface area contributed by atoms with E-state index in [1.165, 1.54) is 0 Å². The highest BCUT2D eigenvalue weighted by molar-refractivity contribution is 5.95. The van der Waals surface area contributed by atoms with Gasteiger partial charge in [-0.25, -0.2) is 4.79 Å². The standard InChI is InChI=1S/C23H36N4O4/c1-5-26-14-7-8-20(26)16-27(15-13-21(28)31-6-2)22(29)18-9-11-19(12-10-18)25-23(30)24-17(3)4/h9-12,17,20H,5-8,13-16H2,1-4H3,(H2,24,25,30). The Hall–Kier alpha value is -2.61. The molecule has 0 aromatic heterocycles. The Labute approximate surface area is 185 Å². The molecule has 0 bridgehead atoms. The number of urea groups is 1. The minimum atomic E-state index is -0.296. The van der Waals surface area contributed by atoms with Crippen LogP contribution in [0.2, 0.25) is 0 Å². The zero-order chi connectivity index (χ0) is 22.8. The Morgan fingerprint density at radius 3 is 2.52 bits per heavy atom. The fourth-order valence-electron chi connectivity index (χ4n) is 3.82. The summed E-state index contributed by atoms with van der Waals surface area (Å²) in [6.45, 7) is 10.9. The minimum absolute atomic E-state index is 0.0343. The van der Waals surface area contributed by atoms with Gasteiger partial charge >= 0.3 is 12.0 Å². The van der Waals surface area contributed by atoms with Crippen molar-refractivity contribution >= 4 is 23.6 Å². The Kier molecular flexibility index (Phi) is 9.78. The topological polar surface area (TPSA) is 91.0 Å². The van der Waals surface area contributed by atoms with Crippen LogP contribution in [0.3, 0.4) is 0 Å². The van der Waals surface area contributed by atoms with Crippen molar-refractivity contribution in [1.29, 1.82) is 0 Å². The number of anilines is 1. The molecule has 0 spiro atoms. The maximum atomic E-state index is 13.2. The van der Waals surface area contributed by atoms with Gasteiger partial charge in [0.15, 0.2) is 0 Å². The van der Waals surface area contributed by atoms with Crippen molar-refractivity contribution in [2.45, 2.75) is 59.0 Å². The average Bonchev–Trinajstić information content (AvgIpc) is 3.18. The maximum Gasteiger partial charge on any atom is 0.319 e. The summed E-state index contributed by atoms with van der Waals surface area (Å²) in [6, 6.07) is 6.89. The second-order valence-electron chi connectivity index (χ2n) is 8.06. The number of hydrogen-bond acceptors (Lipinski definition) is 5. The van der Waals surface area contributed by atoms with Crippen molar-refractivity contribution in [3.05, 3.63) is 29.8 Å². The van der Waals surface area contributed by atoms with Crippen molar-refractivity contribution in [3.8, 4) is 0 Å². The van der Waals surface area contributed by atoms with Gasteiger partial charge in [0, 0.05) is 36.4 Å². The predicted molar refractivity (Wildman–Crippen MR) is 121 cm³/mol. The second kappa shape index (κ2) is 12.3. The Morgan fingerprint density at radius 2 is 1.90 bits per heavy atom. The molecular formula is C23H36N4O4. The molecule has 1 unspecified atom stereocenters. The molecule has 1 aromatic carbocycles. The van der Waals surface area contributed by atoms with Crippen LogP contribution in [0, 0.1) is 0 Å². The van der Waals surface area contributed by atoms with E-state index in [0.29, 0.717) is 37.0 Å². The zero-order valence-corrected chi connectivity index (χ0v) is 19.1. The van der Waals surface area contributed by atoms with Crippen LogP contribution in [0.15, 0.2) is 24.3 Å². The van der Waals surface area contributed by atoms with E-state index in [2.05, 4.69) is 22.5 Å². The van der Waals surface area contributed by atoms with Crippen molar-refractivity contribution in [1.82, 2.24) is 15.1 Å². The number of likely N-dealkylation sites (tertiary alicyclic amines) is 1. The molecule has 0 radical (unpaired) electrons. The van der Waals surface area contributed by atoms with E-state index >= 15 is 0 Å². The van der Waals surface area contributed by atoms with Gasteiger partial charge in [-0.1, -0.05) is 6.92 Å². The quantitative estimate of drug-likeness (QED) is 0.555. The van der Waals surface area contributed by atoms with E-state index in [1.807, 2.05) is 13.8 Å². The van der Waals surface area contributed by atoms with Crippen LogP contribution in [-0.2, 0) is 9.53 Å². The Balaban J connectivity index is 2.07. The first-order chi connectivity index (χ1) is 14.8. The molecule has 0 aliphatic carbocycles. The summed E-state index contributed by atoms with van der Waals surface area (Å²) in [5.41, 5.74) is 1.14. The van der Waals surface area contributed by atoms with Crippen LogP contribution in [0.1, 0.15) is 57.3 Å². The van der Waals surface area contributed by atoms with Crippen LogP contribution in [0.25, 0.3) is 0 Å². The third kappa shape index (κ3) is 7.86. The third-order valence-electron chi connectivity index (χ3n) is 5.32. The third-order valence-corrected chi connectivity index (χ3v) is 5.32. The maximum absolute atomic E-state index is 13.2. The van der Waals surface area contributed by atoms with Crippen LogP contribution in [-0.4, -0.2) is 72.6 Å². The summed E-state index contributed by atoms with van der Waals surface area (Å²) in [5.74, 6) is -0.416. The van der Waals surface area contributed by atoms with E-state index in [0.717, 1.165) is 25.9 Å². The largest absolute Gasteiger partial charge is 0.466 e. The zero-order valence-electron chi connectivity index (χ0n) is 19.1. The van der Waals surface area contributed by atoms with Gasteiger partial charge in [0.25, 0.3) is 5.91 Å². The van der Waals surface area contributed by atoms with Crippen molar-refractivity contribution in [3.63, 3.8) is 0 Å². The Morgan fingerprint density at radius 1 is 1.19 bits per heavy atom. The van der Waals surface area contributed by atoms with E-state index in [4.69, 9.17) is 4.74 Å². The summed E-state index contributed by atoms with van der Waals surface area (Å²) < 4.78 is 5.04. The van der Waals surface area contributed by atoms with Crippen molar-refractivity contribution < 1.29 is 19.1 Å². The number of benzene rings is 1. The highest BCUT2D eigenvalue weighted by Gasteiger charge is 2.28. The first kappa shape index (κ1) is 24.7. The molecule has 1 aliphatic rings. The van der Waals surface area contributed by atoms with Crippen LogP contribution in [0.5, 0.6) is 0 Å². The summed E-state index contributed by atoms with van der Waals surface area (Å²) in [5, 5.41) is 5.51. The predicted octanol–water partition coefficient (Wildman–Crippen LogP) is 3.10. The lowest BCUT2D eigenvalue weighted by atomic mass is 10.1. The molecule has 1 aliphatic heterocycles. The number of carbonyl (C=O) groups excluding carboxylic acids is 3. The number of ether oxygens (including phenoxy) is 1. The molecule has 0 saturated carbocycles. The lowest BCUT2D eigenvalue weighted by Gasteiger charge is -2.30. The van der Waals surface area contributed by atoms with Gasteiger partial charge in [-0.2, -0.15) is 0 Å². The van der Waals surface area contributed by atoms with E-state index in [1.54, 1.807) is 36.1 Å². The van der Waals surface area contributed by atoms with Crippen LogP contribution >= 0.6 is 0 Å². The number of likely N-dealkylation sites (N-methyl/N-ethyl adjacent to an activating group) is 1. The number of carbonyl (C=O) groups is 3. The molecule has 1 fully saturated rings. The highest BCUT2D eigenvalue weighted by atomic mass is 16.5. The van der Waals surface area contributed by atoms with Gasteiger partial charge in [-0.3, -0.25) is 14.5 Å². The average molecular weight is 433 g/mol. The van der Waals surface area contributed by atoms with Crippen LogP contribution in [0.4, 0.5) is 10.5 Å². The summed E-state index contributed by atoms with van der Waals surface area (Å²) in [4.78, 5) is 41.1. The summed E-state index contributed by atoms with van der Waals surface area (Å²) in [7, 11) is 0. The molecule has 1 saturated heterocycles. The first-order valence-electron chi connectivity index (χ1n) is 11.2. The molecule has 3 amide bonds. The number of rotatable bonds is 10. The molecule has 8 nitrogen and oxygen atoms in total. The van der Waals surface area contributed by atoms with Crippen molar-refractivity contribution in [2.24, 2.45) is 0 Å². The van der Waals surface area contributed by atoms with E-state index < -0.39 is 0 Å². The first-order valence-corrected chi connectivity index (χ1v) is 11.2. The molecule has 2 rings (SSSR count). The molecule has 1 aromatic rings.